The topological polar surface area (TPSA) is 21.3 Å². The molecule has 0 saturated heterocycles. The van der Waals surface area contributed by atoms with Crippen LogP contribution in [0.25, 0.3) is 0 Å². The molecule has 2 atom stereocenters. The Kier molecular flexibility index (Phi) is 10.8. The molecule has 0 aliphatic rings. The summed E-state index contributed by atoms with van der Waals surface area (Å²) in [5.74, 6) is 0.578. The van der Waals surface area contributed by atoms with Crippen LogP contribution in [0.2, 0.25) is 0 Å². The van der Waals surface area contributed by atoms with Gasteiger partial charge in [-0.3, -0.25) is 0 Å². The molecule has 0 aromatic carbocycles. The number of rotatable bonds is 11. The molecule has 0 heterocycles. The molecule has 0 aromatic heterocycles. The van der Waals surface area contributed by atoms with E-state index >= 15 is 0 Å². The molecule has 0 radical (unpaired) electrons. The van der Waals surface area contributed by atoms with E-state index < -0.39 is 0 Å². The largest absolute Gasteiger partial charge is 0.374 e. The molecule has 2 nitrogen and oxygen atoms in total. The molecule has 110 valence electrons. The maximum atomic E-state index is 6.18. The highest BCUT2D eigenvalue weighted by Crippen LogP contribution is 2.14. The predicted octanol–water partition coefficient (Wildman–Crippen LogP) is 4.38. The monoisotopic (exact) mass is 257 g/mol. The third-order valence-electron chi connectivity index (χ3n) is 3.34. The summed E-state index contributed by atoms with van der Waals surface area (Å²) in [6.07, 6.45) is 7.25. The second-order valence-corrected chi connectivity index (χ2v) is 6.14. The van der Waals surface area contributed by atoms with Crippen molar-refractivity contribution in [2.24, 2.45) is 5.92 Å². The zero-order chi connectivity index (χ0) is 14.0. The first-order chi connectivity index (χ1) is 8.47. The average molecular weight is 257 g/mol. The predicted molar refractivity (Wildman–Crippen MR) is 81.1 cm³/mol. The van der Waals surface area contributed by atoms with Crippen molar-refractivity contribution in [3.63, 3.8) is 0 Å². The first-order valence-electron chi connectivity index (χ1n) is 7.86. The molecule has 0 spiro atoms. The summed E-state index contributed by atoms with van der Waals surface area (Å²) >= 11 is 0. The lowest BCUT2D eigenvalue weighted by molar-refractivity contribution is -0.0307. The molecule has 0 bridgehead atoms. The highest BCUT2D eigenvalue weighted by Gasteiger charge is 2.17. The summed E-state index contributed by atoms with van der Waals surface area (Å²) in [4.78, 5) is 0. The van der Waals surface area contributed by atoms with Crippen molar-refractivity contribution in [3.8, 4) is 0 Å². The Hall–Kier alpha value is -0.0800. The van der Waals surface area contributed by atoms with E-state index in [1.165, 1.54) is 32.1 Å². The third kappa shape index (κ3) is 9.90. The zero-order valence-electron chi connectivity index (χ0n) is 13.5. The van der Waals surface area contributed by atoms with E-state index in [1.807, 2.05) is 0 Å². The van der Waals surface area contributed by atoms with E-state index in [1.54, 1.807) is 0 Å². The Labute approximate surface area is 115 Å². The summed E-state index contributed by atoms with van der Waals surface area (Å²) in [5.41, 5.74) is 0. The van der Waals surface area contributed by atoms with Crippen LogP contribution in [-0.2, 0) is 4.74 Å². The van der Waals surface area contributed by atoms with Gasteiger partial charge in [0.15, 0.2) is 0 Å². The molecular weight excluding hydrogens is 222 g/mol. The maximum absolute atomic E-state index is 6.18. The van der Waals surface area contributed by atoms with E-state index in [4.69, 9.17) is 4.74 Å². The van der Waals surface area contributed by atoms with Crippen LogP contribution < -0.4 is 5.32 Å². The number of hydrogen-bond acceptors (Lipinski definition) is 2. The summed E-state index contributed by atoms with van der Waals surface area (Å²) in [7, 11) is 0. The second-order valence-electron chi connectivity index (χ2n) is 6.14. The smallest absolute Gasteiger partial charge is 0.0725 e. The minimum absolute atomic E-state index is 0.341. The first kappa shape index (κ1) is 17.9. The normalized spacial score (nSPS) is 15.3. The fourth-order valence-electron chi connectivity index (χ4n) is 2.02. The van der Waals surface area contributed by atoms with Gasteiger partial charge in [0.2, 0.25) is 0 Å². The van der Waals surface area contributed by atoms with Crippen LogP contribution in [0.3, 0.4) is 0 Å². The molecule has 0 fully saturated rings. The van der Waals surface area contributed by atoms with Crippen LogP contribution in [0.4, 0.5) is 0 Å². The second kappa shape index (κ2) is 10.8. The summed E-state index contributed by atoms with van der Waals surface area (Å²) in [6.45, 7) is 14.3. The fourth-order valence-corrected chi connectivity index (χ4v) is 2.02. The van der Waals surface area contributed by atoms with E-state index in [0.717, 1.165) is 6.54 Å². The highest BCUT2D eigenvalue weighted by atomic mass is 16.5. The SMILES string of the molecule is CCCCCCC(C)OC(CNC(C)C)C(C)C. The maximum Gasteiger partial charge on any atom is 0.0725 e. The van der Waals surface area contributed by atoms with Gasteiger partial charge in [0.05, 0.1) is 12.2 Å². The molecule has 0 aliphatic carbocycles. The lowest BCUT2D eigenvalue weighted by Crippen LogP contribution is -2.38. The molecule has 0 saturated carbocycles. The van der Waals surface area contributed by atoms with Crippen LogP contribution in [0, 0.1) is 5.92 Å². The van der Waals surface area contributed by atoms with Gasteiger partial charge in [0, 0.05) is 12.6 Å². The van der Waals surface area contributed by atoms with Gasteiger partial charge in [-0.15, -0.1) is 0 Å². The minimum atomic E-state index is 0.341. The molecule has 0 aromatic rings. The van der Waals surface area contributed by atoms with Crippen molar-refractivity contribution in [1.29, 1.82) is 0 Å². The lowest BCUT2D eigenvalue weighted by atomic mass is 10.1. The van der Waals surface area contributed by atoms with Crippen molar-refractivity contribution < 1.29 is 4.74 Å². The summed E-state index contributed by atoms with van der Waals surface area (Å²) in [5, 5.41) is 3.48. The van der Waals surface area contributed by atoms with Crippen molar-refractivity contribution in [2.75, 3.05) is 6.54 Å². The molecular formula is C16H35NO. The van der Waals surface area contributed by atoms with Crippen LogP contribution >= 0.6 is 0 Å². The van der Waals surface area contributed by atoms with Gasteiger partial charge >= 0.3 is 0 Å². The van der Waals surface area contributed by atoms with Crippen molar-refractivity contribution in [2.45, 2.75) is 91.9 Å². The van der Waals surface area contributed by atoms with Crippen molar-refractivity contribution in [1.82, 2.24) is 5.32 Å². The first-order valence-corrected chi connectivity index (χ1v) is 7.86. The van der Waals surface area contributed by atoms with Gasteiger partial charge in [-0.05, 0) is 19.3 Å². The van der Waals surface area contributed by atoms with Crippen molar-refractivity contribution >= 4 is 0 Å². The summed E-state index contributed by atoms with van der Waals surface area (Å²) < 4.78 is 6.18. The van der Waals surface area contributed by atoms with Crippen molar-refractivity contribution in [3.05, 3.63) is 0 Å². The molecule has 18 heavy (non-hydrogen) atoms. The Morgan fingerprint density at radius 1 is 0.944 bits per heavy atom. The van der Waals surface area contributed by atoms with Gasteiger partial charge in [-0.2, -0.15) is 0 Å². The molecule has 0 amide bonds. The van der Waals surface area contributed by atoms with Crippen LogP contribution in [-0.4, -0.2) is 24.8 Å². The van der Waals surface area contributed by atoms with E-state index in [-0.39, 0.29) is 0 Å². The lowest BCUT2D eigenvalue weighted by Gasteiger charge is -2.27. The molecule has 2 heteroatoms. The molecule has 0 rings (SSSR count). The Balaban J connectivity index is 3.84. The molecule has 0 aliphatic heterocycles. The Morgan fingerprint density at radius 3 is 2.11 bits per heavy atom. The Bertz CT molecular complexity index is 180. The van der Waals surface area contributed by atoms with Crippen LogP contribution in [0.15, 0.2) is 0 Å². The van der Waals surface area contributed by atoms with Gasteiger partial charge in [-0.1, -0.05) is 60.3 Å². The van der Waals surface area contributed by atoms with E-state index in [0.29, 0.717) is 24.2 Å². The van der Waals surface area contributed by atoms with E-state index in [9.17, 15) is 0 Å². The van der Waals surface area contributed by atoms with Gasteiger partial charge in [-0.25, -0.2) is 0 Å². The van der Waals surface area contributed by atoms with Gasteiger partial charge in [0.1, 0.15) is 0 Å². The quantitative estimate of drug-likeness (QED) is 0.554. The Morgan fingerprint density at radius 2 is 1.61 bits per heavy atom. The standard InChI is InChI=1S/C16H35NO/c1-7-8-9-10-11-15(6)18-16(13(2)3)12-17-14(4)5/h13-17H,7-12H2,1-6H3. The fraction of sp³-hybridized carbons (Fsp3) is 1.00. The van der Waals surface area contributed by atoms with E-state index in [2.05, 4.69) is 46.9 Å². The highest BCUT2D eigenvalue weighted by molar-refractivity contribution is 4.69. The molecule has 2 unspecified atom stereocenters. The zero-order valence-corrected chi connectivity index (χ0v) is 13.5. The van der Waals surface area contributed by atoms with Gasteiger partial charge < -0.3 is 10.1 Å². The molecule has 1 N–H and O–H groups in total. The van der Waals surface area contributed by atoms with Gasteiger partial charge in [0.25, 0.3) is 0 Å². The third-order valence-corrected chi connectivity index (χ3v) is 3.34. The minimum Gasteiger partial charge on any atom is -0.374 e. The summed E-state index contributed by atoms with van der Waals surface area (Å²) in [6, 6.07) is 0.537. The van der Waals surface area contributed by atoms with Crippen LogP contribution in [0.5, 0.6) is 0 Å². The number of hydrogen-bond donors (Lipinski definition) is 1. The number of nitrogens with one attached hydrogen (secondary N) is 1. The number of unbranched alkanes of at least 4 members (excludes halogenated alkanes) is 3. The average Bonchev–Trinajstić information content (AvgIpc) is 2.29. The van der Waals surface area contributed by atoms with Crippen LogP contribution in [0.1, 0.15) is 73.6 Å². The number of ether oxygens (including phenoxy) is 1.